The van der Waals surface area contributed by atoms with Crippen LogP contribution in [0.2, 0.25) is 0 Å². The van der Waals surface area contributed by atoms with Crippen molar-refractivity contribution in [3.63, 3.8) is 0 Å². The van der Waals surface area contributed by atoms with E-state index in [-0.39, 0.29) is 17.2 Å². The number of aryl methyl sites for hydroxylation is 8. The second-order valence-electron chi connectivity index (χ2n) is 23.5. The lowest BCUT2D eigenvalue weighted by atomic mass is 9.93. The summed E-state index contributed by atoms with van der Waals surface area (Å²) in [5.41, 5.74) is 20.2. The van der Waals surface area contributed by atoms with Gasteiger partial charge in [-0.05, 0) is 202 Å². The second kappa shape index (κ2) is 20.7. The van der Waals surface area contributed by atoms with E-state index in [1.54, 1.807) is 24.3 Å². The highest BCUT2D eigenvalue weighted by molar-refractivity contribution is 6.14. The standard InChI is InChI=1S/C77H57F6N3/c1-43-21-44(2)26-57(25-43)52-11-17-71-66(36-52)67-37-53(58-27-45(3)22-46(4)28-58)12-18-72(67)85(71)70-16-9-51(42-84)33-65(70)64-15-10-56(61-34-62(76(78,79)80)41-63(35-61)77(81,82)83)40-75(64)86-73-19-13-54(59-29-47(5)23-48(6)30-59)38-68(73)69-39-55(14-20-74(69)86)60-31-49(7)24-50(8)32-60/h9-41H,1-8H3. The summed E-state index contributed by atoms with van der Waals surface area (Å²) >= 11 is 0. The van der Waals surface area contributed by atoms with Gasteiger partial charge in [-0.3, -0.25) is 0 Å². The maximum atomic E-state index is 14.7. The Hall–Kier alpha value is -9.91. The second-order valence-corrected chi connectivity index (χ2v) is 23.5. The van der Waals surface area contributed by atoms with Gasteiger partial charge in [0.15, 0.2) is 0 Å². The van der Waals surface area contributed by atoms with Crippen LogP contribution in [-0.4, -0.2) is 9.13 Å². The molecule has 0 spiro atoms. The van der Waals surface area contributed by atoms with Gasteiger partial charge in [0.1, 0.15) is 0 Å². The van der Waals surface area contributed by atoms with Gasteiger partial charge in [0.05, 0.1) is 56.2 Å². The molecule has 9 heteroatoms. The third kappa shape index (κ3) is 10.1. The lowest BCUT2D eigenvalue weighted by Crippen LogP contribution is -2.11. The molecule has 2 heterocycles. The topological polar surface area (TPSA) is 33.6 Å². The molecule has 0 fully saturated rings. The molecule has 3 nitrogen and oxygen atoms in total. The van der Waals surface area contributed by atoms with Gasteiger partial charge in [0.25, 0.3) is 0 Å². The number of nitriles is 1. The predicted octanol–water partition coefficient (Wildman–Crippen LogP) is 22.3. The molecule has 86 heavy (non-hydrogen) atoms. The monoisotopic (exact) mass is 1140 g/mol. The zero-order valence-electron chi connectivity index (χ0n) is 48.7. The number of hydrogen-bond donors (Lipinski definition) is 0. The molecule has 0 aliphatic carbocycles. The molecule has 0 bridgehead atoms. The van der Waals surface area contributed by atoms with Crippen LogP contribution in [0.5, 0.6) is 0 Å². The van der Waals surface area contributed by atoms with E-state index in [1.165, 1.54) is 0 Å². The number of hydrogen-bond acceptors (Lipinski definition) is 1. The Morgan fingerprint density at radius 1 is 0.279 bits per heavy atom. The Bertz CT molecular complexity index is 4690. The van der Waals surface area contributed by atoms with Gasteiger partial charge in [-0.2, -0.15) is 31.6 Å². The number of fused-ring (bicyclic) bond motifs is 6. The number of rotatable bonds is 8. The maximum absolute atomic E-state index is 14.7. The van der Waals surface area contributed by atoms with E-state index in [0.717, 1.165) is 145 Å². The quantitative estimate of drug-likeness (QED) is 0.140. The Kier molecular flexibility index (Phi) is 13.3. The minimum Gasteiger partial charge on any atom is -0.309 e. The summed E-state index contributed by atoms with van der Waals surface area (Å²) in [5, 5.41) is 14.5. The van der Waals surface area contributed by atoms with Crippen molar-refractivity contribution in [3.8, 4) is 84.2 Å². The summed E-state index contributed by atoms with van der Waals surface area (Å²) in [6.45, 7) is 16.6. The van der Waals surface area contributed by atoms with Gasteiger partial charge in [-0.15, -0.1) is 0 Å². The highest BCUT2D eigenvalue weighted by atomic mass is 19.4. The fourth-order valence-corrected chi connectivity index (χ4v) is 13.1. The minimum atomic E-state index is -5.08. The van der Waals surface area contributed by atoms with Crippen molar-refractivity contribution in [1.82, 2.24) is 9.13 Å². The molecular formula is C77H57F6N3. The molecule has 0 atom stereocenters. The van der Waals surface area contributed by atoms with Crippen LogP contribution in [0.15, 0.2) is 200 Å². The van der Waals surface area contributed by atoms with E-state index >= 15 is 0 Å². The fraction of sp³-hybridized carbons (Fsp3) is 0.130. The molecule has 422 valence electrons. The number of nitrogens with zero attached hydrogens (tertiary/aromatic N) is 3. The van der Waals surface area contributed by atoms with E-state index in [2.05, 4.69) is 204 Å². The summed E-state index contributed by atoms with van der Waals surface area (Å²) in [6.07, 6.45) is -10.2. The van der Waals surface area contributed by atoms with Crippen molar-refractivity contribution in [2.45, 2.75) is 67.7 Å². The molecule has 0 unspecified atom stereocenters. The number of alkyl halides is 6. The zero-order chi connectivity index (χ0) is 60.2. The first-order valence-electron chi connectivity index (χ1n) is 28.5. The van der Waals surface area contributed by atoms with Crippen molar-refractivity contribution >= 4 is 43.6 Å². The van der Waals surface area contributed by atoms with Crippen molar-refractivity contribution in [2.24, 2.45) is 0 Å². The molecule has 0 aliphatic heterocycles. The first-order valence-corrected chi connectivity index (χ1v) is 28.5. The van der Waals surface area contributed by atoms with Gasteiger partial charge in [0, 0.05) is 32.7 Å². The SMILES string of the molecule is Cc1cc(C)cc(-c2ccc3c(c2)c2cc(-c4cc(C)cc(C)c4)ccc2n3-c2ccc(C#N)cc2-c2ccc(-c3cc(C(F)(F)F)cc(C(F)(F)F)c3)cc2-n2c3ccc(-c4cc(C)cc(C)c4)cc3c3cc(-c4cc(C)cc(C)c4)ccc32)c1. The van der Waals surface area contributed by atoms with Gasteiger partial charge in [-0.1, -0.05) is 154 Å². The van der Waals surface area contributed by atoms with Crippen LogP contribution in [0.3, 0.4) is 0 Å². The van der Waals surface area contributed by atoms with Crippen molar-refractivity contribution in [3.05, 3.63) is 261 Å². The molecule has 13 aromatic rings. The Morgan fingerprint density at radius 3 is 0.907 bits per heavy atom. The normalized spacial score (nSPS) is 12.1. The molecule has 13 rings (SSSR count). The third-order valence-corrected chi connectivity index (χ3v) is 16.6. The van der Waals surface area contributed by atoms with Crippen LogP contribution >= 0.6 is 0 Å². The van der Waals surface area contributed by atoms with Crippen molar-refractivity contribution in [2.75, 3.05) is 0 Å². The summed E-state index contributed by atoms with van der Waals surface area (Å²) in [5.74, 6) is 0. The molecular weight excluding hydrogens is 1080 g/mol. The highest BCUT2D eigenvalue weighted by Gasteiger charge is 2.37. The molecule has 11 aromatic carbocycles. The summed E-state index contributed by atoms with van der Waals surface area (Å²) < 4.78 is 92.7. The number of benzene rings is 11. The van der Waals surface area contributed by atoms with Crippen LogP contribution in [0.25, 0.3) is 122 Å². The first-order chi connectivity index (χ1) is 41.0. The molecule has 0 N–H and O–H groups in total. The van der Waals surface area contributed by atoms with E-state index in [0.29, 0.717) is 28.1 Å². The number of aromatic nitrogens is 2. The summed E-state index contributed by atoms with van der Waals surface area (Å²) in [4.78, 5) is 0. The Labute approximate surface area is 495 Å². The zero-order valence-corrected chi connectivity index (χ0v) is 48.7. The summed E-state index contributed by atoms with van der Waals surface area (Å²) in [6, 6.07) is 66.1. The molecule has 0 aliphatic rings. The molecule has 0 radical (unpaired) electrons. The van der Waals surface area contributed by atoms with E-state index in [4.69, 9.17) is 0 Å². The molecule has 0 saturated heterocycles. The van der Waals surface area contributed by atoms with E-state index in [1.807, 2.05) is 24.3 Å². The molecule has 0 amide bonds. The Balaban J connectivity index is 1.14. The fourth-order valence-electron chi connectivity index (χ4n) is 13.1. The maximum Gasteiger partial charge on any atom is 0.416 e. The van der Waals surface area contributed by atoms with Crippen LogP contribution < -0.4 is 0 Å². The minimum absolute atomic E-state index is 0.127. The molecule has 2 aromatic heterocycles. The van der Waals surface area contributed by atoms with E-state index < -0.39 is 23.5 Å². The van der Waals surface area contributed by atoms with Gasteiger partial charge in [-0.25, -0.2) is 0 Å². The van der Waals surface area contributed by atoms with Gasteiger partial charge < -0.3 is 9.13 Å². The third-order valence-electron chi connectivity index (χ3n) is 16.6. The number of halogens is 6. The van der Waals surface area contributed by atoms with Crippen LogP contribution in [-0.2, 0) is 12.4 Å². The highest BCUT2D eigenvalue weighted by Crippen LogP contribution is 2.47. The van der Waals surface area contributed by atoms with Crippen LogP contribution in [0.4, 0.5) is 26.3 Å². The Morgan fingerprint density at radius 2 is 0.581 bits per heavy atom. The first kappa shape index (κ1) is 55.3. The van der Waals surface area contributed by atoms with E-state index in [9.17, 15) is 31.6 Å². The van der Waals surface area contributed by atoms with Crippen molar-refractivity contribution in [1.29, 1.82) is 5.26 Å². The van der Waals surface area contributed by atoms with Crippen molar-refractivity contribution < 1.29 is 26.3 Å². The smallest absolute Gasteiger partial charge is 0.309 e. The van der Waals surface area contributed by atoms with Crippen LogP contribution in [0, 0.1) is 66.7 Å². The van der Waals surface area contributed by atoms with Crippen LogP contribution in [0.1, 0.15) is 61.2 Å². The largest absolute Gasteiger partial charge is 0.416 e. The van der Waals surface area contributed by atoms with Gasteiger partial charge >= 0.3 is 12.4 Å². The average Bonchev–Trinajstić information content (AvgIpc) is 1.79. The molecule has 0 saturated carbocycles. The predicted molar refractivity (Wildman–Crippen MR) is 340 cm³/mol. The summed E-state index contributed by atoms with van der Waals surface area (Å²) in [7, 11) is 0. The lowest BCUT2D eigenvalue weighted by molar-refractivity contribution is -0.143. The van der Waals surface area contributed by atoms with Gasteiger partial charge in [0.2, 0.25) is 0 Å². The average molecular weight is 1140 g/mol. The lowest BCUT2D eigenvalue weighted by Gasteiger charge is -2.21.